The van der Waals surface area contributed by atoms with Crippen molar-refractivity contribution in [3.63, 3.8) is 0 Å². The van der Waals surface area contributed by atoms with Crippen molar-refractivity contribution in [2.24, 2.45) is 0 Å². The summed E-state index contributed by atoms with van der Waals surface area (Å²) in [5.74, 6) is 0.718. The SMILES string of the molecule is COc1cccc(C(C)(O)c2sccc2Cl)c1. The molecule has 2 rings (SSSR count). The zero-order valence-electron chi connectivity index (χ0n) is 9.61. The lowest BCUT2D eigenvalue weighted by Crippen LogP contribution is -2.21. The van der Waals surface area contributed by atoms with Crippen LogP contribution in [0.15, 0.2) is 35.7 Å². The molecule has 4 heteroatoms. The van der Waals surface area contributed by atoms with Crippen LogP contribution in [0.1, 0.15) is 17.4 Å². The van der Waals surface area contributed by atoms with E-state index in [2.05, 4.69) is 0 Å². The van der Waals surface area contributed by atoms with Gasteiger partial charge in [0.25, 0.3) is 0 Å². The second kappa shape index (κ2) is 4.69. The predicted octanol–water partition coefficient (Wildman–Crippen LogP) is 3.67. The lowest BCUT2D eigenvalue weighted by molar-refractivity contribution is 0.106. The normalized spacial score (nSPS) is 14.4. The minimum Gasteiger partial charge on any atom is -0.497 e. The molecule has 1 aromatic heterocycles. The molecule has 0 aliphatic carbocycles. The third kappa shape index (κ3) is 2.32. The highest BCUT2D eigenvalue weighted by Crippen LogP contribution is 2.38. The fourth-order valence-electron chi connectivity index (χ4n) is 1.70. The molecular formula is C13H13ClO2S. The Morgan fingerprint density at radius 1 is 1.35 bits per heavy atom. The number of hydrogen-bond acceptors (Lipinski definition) is 3. The van der Waals surface area contributed by atoms with Crippen molar-refractivity contribution in [2.45, 2.75) is 12.5 Å². The van der Waals surface area contributed by atoms with Gasteiger partial charge in [0, 0.05) is 0 Å². The molecule has 0 amide bonds. The van der Waals surface area contributed by atoms with E-state index in [9.17, 15) is 5.11 Å². The van der Waals surface area contributed by atoms with E-state index < -0.39 is 5.60 Å². The maximum Gasteiger partial charge on any atom is 0.122 e. The number of thiophene rings is 1. The number of aliphatic hydroxyl groups is 1. The Labute approximate surface area is 109 Å². The van der Waals surface area contributed by atoms with Gasteiger partial charge in [-0.25, -0.2) is 0 Å². The first kappa shape index (κ1) is 12.4. The number of methoxy groups -OCH3 is 1. The Kier molecular flexibility index (Phi) is 3.43. The minimum atomic E-state index is -1.10. The highest BCUT2D eigenvalue weighted by Gasteiger charge is 2.29. The lowest BCUT2D eigenvalue weighted by atomic mass is 9.94. The first-order valence-corrected chi connectivity index (χ1v) is 6.42. The zero-order chi connectivity index (χ0) is 12.5. The molecule has 1 unspecified atom stereocenters. The Morgan fingerprint density at radius 3 is 2.71 bits per heavy atom. The van der Waals surface area contributed by atoms with E-state index >= 15 is 0 Å². The highest BCUT2D eigenvalue weighted by atomic mass is 35.5. The van der Waals surface area contributed by atoms with E-state index in [1.54, 1.807) is 20.1 Å². The van der Waals surface area contributed by atoms with Crippen molar-refractivity contribution in [1.82, 2.24) is 0 Å². The van der Waals surface area contributed by atoms with Gasteiger partial charge in [0.05, 0.1) is 17.0 Å². The first-order chi connectivity index (χ1) is 8.05. The van der Waals surface area contributed by atoms with Crippen LogP contribution in [0.2, 0.25) is 5.02 Å². The molecule has 0 bridgehead atoms. The fourth-order valence-corrected chi connectivity index (χ4v) is 3.02. The molecule has 1 aromatic carbocycles. The molecule has 17 heavy (non-hydrogen) atoms. The van der Waals surface area contributed by atoms with Gasteiger partial charge in [-0.2, -0.15) is 0 Å². The minimum absolute atomic E-state index is 0.586. The predicted molar refractivity (Wildman–Crippen MR) is 71.0 cm³/mol. The largest absolute Gasteiger partial charge is 0.497 e. The van der Waals surface area contributed by atoms with Gasteiger partial charge in [-0.05, 0) is 36.1 Å². The van der Waals surface area contributed by atoms with Gasteiger partial charge in [0.2, 0.25) is 0 Å². The number of ether oxygens (including phenoxy) is 1. The standard InChI is InChI=1S/C13H13ClO2S/c1-13(15,12-11(14)6-7-17-12)9-4-3-5-10(8-9)16-2/h3-8,15H,1-2H3. The van der Waals surface area contributed by atoms with Crippen molar-refractivity contribution in [3.05, 3.63) is 51.2 Å². The summed E-state index contributed by atoms with van der Waals surface area (Å²) in [6.45, 7) is 1.74. The number of rotatable bonds is 3. The third-order valence-corrected chi connectivity index (χ3v) is 4.24. The second-order valence-electron chi connectivity index (χ2n) is 3.90. The van der Waals surface area contributed by atoms with Crippen molar-refractivity contribution >= 4 is 22.9 Å². The van der Waals surface area contributed by atoms with Crippen LogP contribution < -0.4 is 4.74 Å². The van der Waals surface area contributed by atoms with Crippen LogP contribution in [-0.2, 0) is 5.60 Å². The quantitative estimate of drug-likeness (QED) is 0.920. The molecule has 0 fully saturated rings. The molecule has 1 N–H and O–H groups in total. The summed E-state index contributed by atoms with van der Waals surface area (Å²) in [6.07, 6.45) is 0. The van der Waals surface area contributed by atoms with Crippen LogP contribution in [0, 0.1) is 0 Å². The van der Waals surface area contributed by atoms with Crippen LogP contribution >= 0.6 is 22.9 Å². The van der Waals surface area contributed by atoms with E-state index in [1.165, 1.54) is 11.3 Å². The van der Waals surface area contributed by atoms with E-state index in [0.29, 0.717) is 5.02 Å². The van der Waals surface area contributed by atoms with Crippen LogP contribution in [0.5, 0.6) is 5.75 Å². The van der Waals surface area contributed by atoms with Crippen LogP contribution in [-0.4, -0.2) is 12.2 Å². The van der Waals surface area contributed by atoms with Crippen molar-refractivity contribution < 1.29 is 9.84 Å². The maximum absolute atomic E-state index is 10.6. The summed E-state index contributed by atoms with van der Waals surface area (Å²) >= 11 is 7.51. The molecule has 2 aromatic rings. The fraction of sp³-hybridized carbons (Fsp3) is 0.231. The lowest BCUT2D eigenvalue weighted by Gasteiger charge is -2.23. The molecule has 90 valence electrons. The molecule has 0 spiro atoms. The Hall–Kier alpha value is -1.03. The maximum atomic E-state index is 10.6. The van der Waals surface area contributed by atoms with Gasteiger partial charge >= 0.3 is 0 Å². The molecule has 0 aliphatic rings. The highest BCUT2D eigenvalue weighted by molar-refractivity contribution is 7.10. The van der Waals surface area contributed by atoms with E-state index in [1.807, 2.05) is 29.6 Å². The van der Waals surface area contributed by atoms with E-state index in [0.717, 1.165) is 16.2 Å². The van der Waals surface area contributed by atoms with Crippen molar-refractivity contribution in [2.75, 3.05) is 7.11 Å². The molecule has 1 atom stereocenters. The van der Waals surface area contributed by atoms with Crippen molar-refractivity contribution in [3.8, 4) is 5.75 Å². The Bertz CT molecular complexity index is 520. The van der Waals surface area contributed by atoms with Gasteiger partial charge in [-0.3, -0.25) is 0 Å². The second-order valence-corrected chi connectivity index (χ2v) is 5.23. The molecule has 0 radical (unpaired) electrons. The van der Waals surface area contributed by atoms with Crippen LogP contribution in [0.25, 0.3) is 0 Å². The van der Waals surface area contributed by atoms with Gasteiger partial charge in [-0.15, -0.1) is 11.3 Å². The third-order valence-electron chi connectivity index (χ3n) is 2.69. The molecule has 0 saturated heterocycles. The average Bonchev–Trinajstić information content (AvgIpc) is 2.76. The number of hydrogen-bond donors (Lipinski definition) is 1. The smallest absolute Gasteiger partial charge is 0.122 e. The monoisotopic (exact) mass is 268 g/mol. The van der Waals surface area contributed by atoms with Crippen LogP contribution in [0.3, 0.4) is 0 Å². The molecule has 1 heterocycles. The summed E-state index contributed by atoms with van der Waals surface area (Å²) in [5.41, 5.74) is -0.332. The van der Waals surface area contributed by atoms with Crippen molar-refractivity contribution in [1.29, 1.82) is 0 Å². The molecule has 0 saturated carbocycles. The van der Waals surface area contributed by atoms with Gasteiger partial charge < -0.3 is 9.84 Å². The topological polar surface area (TPSA) is 29.5 Å². The average molecular weight is 269 g/mol. The van der Waals surface area contributed by atoms with E-state index in [-0.39, 0.29) is 0 Å². The summed E-state index contributed by atoms with van der Waals surface area (Å²) < 4.78 is 5.16. The summed E-state index contributed by atoms with van der Waals surface area (Å²) in [6, 6.07) is 9.16. The van der Waals surface area contributed by atoms with Gasteiger partial charge in [0.1, 0.15) is 11.4 Å². The van der Waals surface area contributed by atoms with E-state index in [4.69, 9.17) is 16.3 Å². The summed E-state index contributed by atoms with van der Waals surface area (Å²) in [7, 11) is 1.60. The van der Waals surface area contributed by atoms with Crippen LogP contribution in [0.4, 0.5) is 0 Å². The first-order valence-electron chi connectivity index (χ1n) is 5.16. The Morgan fingerprint density at radius 2 is 2.12 bits per heavy atom. The molecule has 0 aliphatic heterocycles. The number of benzene rings is 1. The number of halogens is 1. The summed E-state index contributed by atoms with van der Waals surface area (Å²) in [5, 5.41) is 13.1. The summed E-state index contributed by atoms with van der Waals surface area (Å²) in [4.78, 5) is 0.743. The van der Waals surface area contributed by atoms with Gasteiger partial charge in [0.15, 0.2) is 0 Å². The molecule has 2 nitrogen and oxygen atoms in total. The Balaban J connectivity index is 2.47. The zero-order valence-corrected chi connectivity index (χ0v) is 11.2. The van der Waals surface area contributed by atoms with Gasteiger partial charge in [-0.1, -0.05) is 23.7 Å². The molecular weight excluding hydrogens is 256 g/mol.